The number of halogens is 5. The molecule has 0 atom stereocenters. The summed E-state index contributed by atoms with van der Waals surface area (Å²) < 4.78 is 81.7. The average Bonchev–Trinajstić information content (AvgIpc) is 3.06. The number of esters is 1. The molecule has 3 aromatic carbocycles. The van der Waals surface area contributed by atoms with Crippen molar-refractivity contribution in [2.24, 2.45) is 0 Å². The number of carbonyl (C=O) groups is 3. The van der Waals surface area contributed by atoms with Crippen molar-refractivity contribution in [3.8, 4) is 22.8 Å². The fourth-order valence-corrected chi connectivity index (χ4v) is 5.16. The number of ether oxygens (including phenoxy) is 2. The van der Waals surface area contributed by atoms with Crippen LogP contribution in [0.1, 0.15) is 28.4 Å². The normalized spacial score (nSPS) is 12.7. The molecule has 17 heteroatoms. The molecule has 0 saturated heterocycles. The van der Waals surface area contributed by atoms with Gasteiger partial charge in [0, 0.05) is 29.9 Å². The second-order valence-electron chi connectivity index (χ2n) is 11.4. The number of nitrogens with one attached hydrogen (secondary N) is 3. The summed E-state index contributed by atoms with van der Waals surface area (Å²) in [5.74, 6) is -6.57. The van der Waals surface area contributed by atoms with Gasteiger partial charge in [-0.3, -0.25) is 4.79 Å². The van der Waals surface area contributed by atoms with E-state index in [4.69, 9.17) is 9.47 Å². The molecule has 2 heterocycles. The van der Waals surface area contributed by atoms with Gasteiger partial charge in [0.25, 0.3) is 5.91 Å². The number of hydrogen-bond acceptors (Lipinski definition) is 9. The SMILES string of the molecule is CCOc1ccc(NC(=O)c2ccc(C)c(-c3nc(NCCN(C)C)nc4c3CNC(=O)N4c3c(F)cccc3F)c2OC(=O)C(F)(F)F)cc1. The van der Waals surface area contributed by atoms with Gasteiger partial charge in [-0.1, -0.05) is 12.1 Å². The zero-order valence-corrected chi connectivity index (χ0v) is 27.7. The molecule has 0 radical (unpaired) electrons. The smallest absolute Gasteiger partial charge is 0.491 e. The lowest BCUT2D eigenvalue weighted by atomic mass is 9.95. The van der Waals surface area contributed by atoms with Crippen LogP contribution in [0.3, 0.4) is 0 Å². The molecule has 1 aromatic heterocycles. The molecule has 1 aliphatic rings. The van der Waals surface area contributed by atoms with Crippen molar-refractivity contribution in [3.05, 3.63) is 82.9 Å². The van der Waals surface area contributed by atoms with Crippen LogP contribution in [0.15, 0.2) is 54.6 Å². The van der Waals surface area contributed by atoms with Crippen LogP contribution in [-0.4, -0.2) is 72.7 Å². The highest BCUT2D eigenvalue weighted by Gasteiger charge is 2.43. The Balaban J connectivity index is 1.74. The van der Waals surface area contributed by atoms with E-state index in [0.29, 0.717) is 23.8 Å². The quantitative estimate of drug-likeness (QED) is 0.0945. The number of anilines is 4. The van der Waals surface area contributed by atoms with Crippen LogP contribution in [-0.2, 0) is 11.3 Å². The number of urea groups is 1. The van der Waals surface area contributed by atoms with Crippen molar-refractivity contribution in [1.82, 2.24) is 20.2 Å². The van der Waals surface area contributed by atoms with Crippen molar-refractivity contribution in [1.29, 1.82) is 0 Å². The Labute approximate surface area is 288 Å². The first-order chi connectivity index (χ1) is 24.2. The van der Waals surface area contributed by atoms with Crippen molar-refractivity contribution in [2.45, 2.75) is 26.6 Å². The fourth-order valence-electron chi connectivity index (χ4n) is 5.16. The van der Waals surface area contributed by atoms with Crippen molar-refractivity contribution >= 4 is 41.0 Å². The number of aryl methyl sites for hydroxylation is 1. The van der Waals surface area contributed by atoms with Crippen LogP contribution >= 0.6 is 0 Å². The minimum atomic E-state index is -5.47. The van der Waals surface area contributed by atoms with E-state index >= 15 is 8.78 Å². The molecule has 3 amide bonds. The summed E-state index contributed by atoms with van der Waals surface area (Å²) in [4.78, 5) is 50.7. The number of rotatable bonds is 11. The van der Waals surface area contributed by atoms with E-state index in [9.17, 15) is 27.6 Å². The van der Waals surface area contributed by atoms with Crippen LogP contribution in [0.4, 0.5) is 49.9 Å². The molecule has 0 unspecified atom stereocenters. The minimum absolute atomic E-state index is 0.00751. The number of para-hydroxylation sites is 1. The molecule has 1 aliphatic heterocycles. The Morgan fingerprint density at radius 1 is 1.02 bits per heavy atom. The zero-order chi connectivity index (χ0) is 37.0. The topological polar surface area (TPSA) is 138 Å². The maximum absolute atomic E-state index is 15.1. The molecule has 12 nitrogen and oxygen atoms in total. The van der Waals surface area contributed by atoms with Crippen LogP contribution in [0.5, 0.6) is 11.5 Å². The first kappa shape index (κ1) is 36.4. The van der Waals surface area contributed by atoms with E-state index in [1.807, 2.05) is 4.90 Å². The van der Waals surface area contributed by atoms with Crippen molar-refractivity contribution in [2.75, 3.05) is 49.3 Å². The zero-order valence-electron chi connectivity index (χ0n) is 27.7. The van der Waals surface area contributed by atoms with Crippen LogP contribution in [0.2, 0.25) is 0 Å². The highest BCUT2D eigenvalue weighted by atomic mass is 19.4. The van der Waals surface area contributed by atoms with Gasteiger partial charge in [0.2, 0.25) is 5.95 Å². The van der Waals surface area contributed by atoms with E-state index in [1.54, 1.807) is 33.2 Å². The lowest BCUT2D eigenvalue weighted by molar-refractivity contribution is -0.189. The first-order valence-electron chi connectivity index (χ1n) is 15.5. The summed E-state index contributed by atoms with van der Waals surface area (Å²) in [6.45, 7) is 3.97. The minimum Gasteiger partial charge on any atom is -0.494 e. The Hall–Kier alpha value is -5.84. The number of hydrogen-bond donors (Lipinski definition) is 3. The van der Waals surface area contributed by atoms with Crippen molar-refractivity contribution in [3.63, 3.8) is 0 Å². The molecule has 0 fully saturated rings. The molecule has 3 N–H and O–H groups in total. The number of amides is 3. The van der Waals surface area contributed by atoms with E-state index in [1.165, 1.54) is 31.2 Å². The number of benzene rings is 3. The molecule has 4 aromatic rings. The largest absolute Gasteiger partial charge is 0.494 e. The third kappa shape index (κ3) is 7.98. The molecular formula is C34H32F5N7O5. The van der Waals surface area contributed by atoms with Gasteiger partial charge >= 0.3 is 18.2 Å². The monoisotopic (exact) mass is 713 g/mol. The molecule has 51 heavy (non-hydrogen) atoms. The average molecular weight is 714 g/mol. The van der Waals surface area contributed by atoms with Gasteiger partial charge in [0.15, 0.2) is 11.6 Å². The highest BCUT2D eigenvalue weighted by Crippen LogP contribution is 2.44. The summed E-state index contributed by atoms with van der Waals surface area (Å²) in [5.41, 5.74) is -1.25. The van der Waals surface area contributed by atoms with Gasteiger partial charge in [-0.05, 0) is 76.0 Å². The lowest BCUT2D eigenvalue weighted by Crippen LogP contribution is -2.43. The Bertz CT molecular complexity index is 1950. The number of alkyl halides is 3. The summed E-state index contributed by atoms with van der Waals surface area (Å²) in [6.07, 6.45) is -5.47. The summed E-state index contributed by atoms with van der Waals surface area (Å²) in [7, 11) is 3.59. The van der Waals surface area contributed by atoms with Gasteiger partial charge < -0.3 is 30.3 Å². The maximum Gasteiger partial charge on any atom is 0.491 e. The third-order valence-corrected chi connectivity index (χ3v) is 7.52. The third-order valence-electron chi connectivity index (χ3n) is 7.52. The second kappa shape index (κ2) is 15.0. The predicted molar refractivity (Wildman–Crippen MR) is 177 cm³/mol. The summed E-state index contributed by atoms with van der Waals surface area (Å²) in [5, 5.41) is 8.01. The maximum atomic E-state index is 15.1. The summed E-state index contributed by atoms with van der Waals surface area (Å²) in [6, 6.07) is 10.7. The molecule has 268 valence electrons. The van der Waals surface area contributed by atoms with Gasteiger partial charge in [-0.2, -0.15) is 18.2 Å². The Morgan fingerprint density at radius 3 is 2.33 bits per heavy atom. The number of aromatic nitrogens is 2. The standard InChI is InChI=1S/C34H32F5N7O5/c1-5-50-20-12-10-19(11-13-20)42-30(47)21-14-9-18(2)25(28(21)51-31(48)34(37,38)39)26-22-17-41-33(49)46(27-23(35)7-6-8-24(27)36)29(22)44-32(43-26)40-15-16-45(3)4/h6-14H,5,15-17H2,1-4H3,(H,41,49)(H,42,47)(H,40,43,44). The molecule has 5 rings (SSSR count). The number of nitrogens with zero attached hydrogens (tertiary/aromatic N) is 4. The molecule has 0 saturated carbocycles. The molecule has 0 spiro atoms. The number of likely N-dealkylation sites (N-methyl/N-ethyl adjacent to an activating group) is 1. The Morgan fingerprint density at radius 2 is 1.71 bits per heavy atom. The van der Waals surface area contributed by atoms with E-state index in [-0.39, 0.29) is 52.9 Å². The second-order valence-corrected chi connectivity index (χ2v) is 11.4. The van der Waals surface area contributed by atoms with Crippen molar-refractivity contribution < 1.29 is 45.8 Å². The fraction of sp³-hybridized carbons (Fsp3) is 0.265. The highest BCUT2D eigenvalue weighted by molar-refractivity contribution is 6.09. The van der Waals surface area contributed by atoms with E-state index in [2.05, 4.69) is 25.9 Å². The van der Waals surface area contributed by atoms with Crippen LogP contribution in [0.25, 0.3) is 11.3 Å². The van der Waals surface area contributed by atoms with Gasteiger partial charge in [-0.25, -0.2) is 28.3 Å². The van der Waals surface area contributed by atoms with Gasteiger partial charge in [0.05, 0.1) is 24.4 Å². The molecule has 0 bridgehead atoms. The van der Waals surface area contributed by atoms with Crippen LogP contribution < -0.4 is 30.3 Å². The Kier molecular flexibility index (Phi) is 10.7. The van der Waals surface area contributed by atoms with Gasteiger partial charge in [-0.15, -0.1) is 0 Å². The number of fused-ring (bicyclic) bond motifs is 1. The van der Waals surface area contributed by atoms with E-state index < -0.39 is 52.7 Å². The summed E-state index contributed by atoms with van der Waals surface area (Å²) >= 11 is 0. The molecule has 0 aliphatic carbocycles. The lowest BCUT2D eigenvalue weighted by Gasteiger charge is -2.31. The van der Waals surface area contributed by atoms with E-state index in [0.717, 1.165) is 18.2 Å². The van der Waals surface area contributed by atoms with Gasteiger partial charge in [0.1, 0.15) is 23.1 Å². The molecular weight excluding hydrogens is 681 g/mol. The first-order valence-corrected chi connectivity index (χ1v) is 15.5. The van der Waals surface area contributed by atoms with Crippen LogP contribution in [0, 0.1) is 18.6 Å². The predicted octanol–water partition coefficient (Wildman–Crippen LogP) is 6.18. The number of carbonyl (C=O) groups excluding carboxylic acids is 3.